The van der Waals surface area contributed by atoms with E-state index in [1.54, 1.807) is 73.7 Å². The van der Waals surface area contributed by atoms with Gasteiger partial charge in [-0.1, -0.05) is 35.9 Å². The molecule has 0 N–H and O–H groups in total. The van der Waals surface area contributed by atoms with Crippen LogP contribution in [0.15, 0.2) is 88.4 Å². The smallest absolute Gasteiger partial charge is 0.363 e. The van der Waals surface area contributed by atoms with Crippen LogP contribution in [0, 0.1) is 18.3 Å². The van der Waals surface area contributed by atoms with Gasteiger partial charge in [-0.25, -0.2) is 18.2 Å². The third-order valence-corrected chi connectivity index (χ3v) is 7.40. The normalized spacial score (nSPS) is 14.4. The summed E-state index contributed by atoms with van der Waals surface area (Å²) in [7, 11) is -3.87. The summed E-state index contributed by atoms with van der Waals surface area (Å²) in [6.45, 7) is 1.81. The maximum Gasteiger partial charge on any atom is 0.363 e. The van der Waals surface area contributed by atoms with Crippen molar-refractivity contribution in [3.05, 3.63) is 100 Å². The predicted molar refractivity (Wildman–Crippen MR) is 134 cm³/mol. The molecule has 0 bridgehead atoms. The number of carbonyl (C=O) groups is 1. The number of nitrogens with zero attached hydrogens (tertiary/aromatic N) is 3. The number of hydrogen-bond acceptors (Lipinski definition) is 6. The standard InChI is InChI=1S/C26H20ClN3O4S/c1-18-16-22(30(15-5-14-28)35(32,33)23-6-3-2-4-7-23)13-10-20(18)17-24-26(31)34-25(29-24)19-8-11-21(27)12-9-19/h2-4,6-13,16-17H,5,15H2,1H3/b24-17-. The Morgan fingerprint density at radius 2 is 1.80 bits per heavy atom. The number of esters is 1. The van der Waals surface area contributed by atoms with Gasteiger partial charge < -0.3 is 4.74 Å². The molecule has 1 heterocycles. The number of sulfonamides is 1. The van der Waals surface area contributed by atoms with Crippen LogP contribution in [0.25, 0.3) is 6.08 Å². The van der Waals surface area contributed by atoms with Crippen molar-refractivity contribution in [2.45, 2.75) is 18.2 Å². The first-order chi connectivity index (χ1) is 16.8. The van der Waals surface area contributed by atoms with Crippen LogP contribution in [-0.4, -0.2) is 26.8 Å². The number of anilines is 1. The Labute approximate surface area is 208 Å². The Morgan fingerprint density at radius 1 is 1.09 bits per heavy atom. The van der Waals surface area contributed by atoms with Crippen LogP contribution < -0.4 is 4.31 Å². The minimum atomic E-state index is -3.87. The molecule has 0 atom stereocenters. The van der Waals surface area contributed by atoms with Crippen molar-refractivity contribution >= 4 is 45.3 Å². The van der Waals surface area contributed by atoms with Crippen molar-refractivity contribution in [2.75, 3.05) is 10.8 Å². The van der Waals surface area contributed by atoms with E-state index >= 15 is 0 Å². The van der Waals surface area contributed by atoms with Crippen molar-refractivity contribution in [3.63, 3.8) is 0 Å². The van der Waals surface area contributed by atoms with Crippen molar-refractivity contribution in [2.24, 2.45) is 4.99 Å². The lowest BCUT2D eigenvalue weighted by Crippen LogP contribution is -2.32. The molecule has 0 amide bonds. The summed E-state index contributed by atoms with van der Waals surface area (Å²) in [5.41, 5.74) is 2.58. The van der Waals surface area contributed by atoms with Crippen LogP contribution in [0.5, 0.6) is 0 Å². The quantitative estimate of drug-likeness (QED) is 0.328. The molecule has 1 aliphatic heterocycles. The molecule has 9 heteroatoms. The molecule has 0 saturated carbocycles. The first-order valence-electron chi connectivity index (χ1n) is 10.6. The monoisotopic (exact) mass is 505 g/mol. The average molecular weight is 506 g/mol. The molecule has 0 saturated heterocycles. The van der Waals surface area contributed by atoms with Gasteiger partial charge in [-0.3, -0.25) is 4.31 Å². The molecule has 3 aromatic rings. The minimum absolute atomic E-state index is 0.00861. The number of aryl methyl sites for hydroxylation is 1. The van der Waals surface area contributed by atoms with Crippen LogP contribution in [-0.2, 0) is 19.6 Å². The van der Waals surface area contributed by atoms with Gasteiger partial charge in [0.2, 0.25) is 5.90 Å². The summed E-state index contributed by atoms with van der Waals surface area (Å²) < 4.78 is 33.0. The Balaban J connectivity index is 1.66. The van der Waals surface area contributed by atoms with E-state index in [1.807, 2.05) is 6.07 Å². The number of halogens is 1. The summed E-state index contributed by atoms with van der Waals surface area (Å²) in [6.07, 6.45) is 1.63. The second-order valence-corrected chi connectivity index (χ2v) is 9.98. The van der Waals surface area contributed by atoms with Crippen LogP contribution in [0.4, 0.5) is 5.69 Å². The van der Waals surface area contributed by atoms with Gasteiger partial charge in [0, 0.05) is 17.1 Å². The zero-order valence-corrected chi connectivity index (χ0v) is 20.3. The second-order valence-electron chi connectivity index (χ2n) is 7.68. The molecule has 0 radical (unpaired) electrons. The highest BCUT2D eigenvalue weighted by Gasteiger charge is 2.26. The number of benzene rings is 3. The fourth-order valence-corrected chi connectivity index (χ4v) is 5.11. The van der Waals surface area contributed by atoms with Crippen LogP contribution in [0.2, 0.25) is 5.02 Å². The van der Waals surface area contributed by atoms with Gasteiger partial charge in [-0.15, -0.1) is 0 Å². The zero-order chi connectivity index (χ0) is 25.0. The van der Waals surface area contributed by atoms with Gasteiger partial charge >= 0.3 is 5.97 Å². The summed E-state index contributed by atoms with van der Waals surface area (Å²) in [5, 5.41) is 9.62. The van der Waals surface area contributed by atoms with Gasteiger partial charge in [-0.2, -0.15) is 5.26 Å². The van der Waals surface area contributed by atoms with E-state index in [2.05, 4.69) is 4.99 Å². The molecule has 176 valence electrons. The number of rotatable bonds is 7. The first kappa shape index (κ1) is 24.2. The Bertz CT molecular complexity index is 1480. The molecule has 4 rings (SSSR count). The molecule has 7 nitrogen and oxygen atoms in total. The predicted octanol–water partition coefficient (Wildman–Crippen LogP) is 5.10. The molecule has 0 unspecified atom stereocenters. The lowest BCUT2D eigenvalue weighted by molar-refractivity contribution is -0.129. The third kappa shape index (κ3) is 5.27. The van der Waals surface area contributed by atoms with Crippen molar-refractivity contribution in [3.8, 4) is 6.07 Å². The zero-order valence-electron chi connectivity index (χ0n) is 18.7. The topological polar surface area (TPSA) is 99.8 Å². The van der Waals surface area contributed by atoms with Gasteiger partial charge in [0.1, 0.15) is 0 Å². The maximum absolute atomic E-state index is 13.3. The van der Waals surface area contributed by atoms with Gasteiger partial charge in [-0.05, 0) is 72.7 Å². The largest absolute Gasteiger partial charge is 0.402 e. The molecule has 0 fully saturated rings. The first-order valence-corrected chi connectivity index (χ1v) is 12.5. The van der Waals surface area contributed by atoms with Crippen molar-refractivity contribution < 1.29 is 17.9 Å². The van der Waals surface area contributed by atoms with E-state index in [9.17, 15) is 13.2 Å². The molecule has 0 aromatic heterocycles. The van der Waals surface area contributed by atoms with E-state index in [0.717, 1.165) is 5.56 Å². The van der Waals surface area contributed by atoms with Crippen molar-refractivity contribution in [1.29, 1.82) is 5.26 Å². The van der Waals surface area contributed by atoms with Gasteiger partial charge in [0.05, 0.1) is 23.1 Å². The fourth-order valence-electron chi connectivity index (χ4n) is 3.51. The van der Waals surface area contributed by atoms with E-state index in [1.165, 1.54) is 16.4 Å². The number of carbonyl (C=O) groups excluding carboxylic acids is 1. The van der Waals surface area contributed by atoms with E-state index in [0.29, 0.717) is 21.8 Å². The number of aliphatic imine (C=N–C) groups is 1. The molecular formula is C26H20ClN3O4S. The Kier molecular flexibility index (Phi) is 7.01. The molecule has 0 aliphatic carbocycles. The minimum Gasteiger partial charge on any atom is -0.402 e. The lowest BCUT2D eigenvalue weighted by atomic mass is 10.1. The van der Waals surface area contributed by atoms with E-state index < -0.39 is 16.0 Å². The SMILES string of the molecule is Cc1cc(N(CCC#N)S(=O)(=O)c2ccccc2)ccc1/C=C1\N=C(c2ccc(Cl)cc2)OC1=O. The van der Waals surface area contributed by atoms with Crippen molar-refractivity contribution in [1.82, 2.24) is 0 Å². The number of cyclic esters (lactones) is 1. The van der Waals surface area contributed by atoms with E-state index in [-0.39, 0.29) is 29.5 Å². The summed E-state index contributed by atoms with van der Waals surface area (Å²) in [5.74, 6) is -0.399. The van der Waals surface area contributed by atoms with Gasteiger partial charge in [0.25, 0.3) is 10.0 Å². The summed E-state index contributed by atoms with van der Waals surface area (Å²) >= 11 is 5.91. The molecule has 3 aromatic carbocycles. The molecular weight excluding hydrogens is 486 g/mol. The Hall–Kier alpha value is -3.93. The highest BCUT2D eigenvalue weighted by atomic mass is 35.5. The maximum atomic E-state index is 13.3. The molecule has 0 spiro atoms. The third-order valence-electron chi connectivity index (χ3n) is 5.30. The Morgan fingerprint density at radius 3 is 2.46 bits per heavy atom. The number of hydrogen-bond donors (Lipinski definition) is 0. The summed E-state index contributed by atoms with van der Waals surface area (Å²) in [6, 6.07) is 21.9. The van der Waals surface area contributed by atoms with Crippen LogP contribution in [0.1, 0.15) is 23.1 Å². The lowest BCUT2D eigenvalue weighted by Gasteiger charge is -2.24. The summed E-state index contributed by atoms with van der Waals surface area (Å²) in [4.78, 5) is 16.8. The molecule has 35 heavy (non-hydrogen) atoms. The molecule has 1 aliphatic rings. The average Bonchev–Trinajstić information content (AvgIpc) is 3.22. The highest BCUT2D eigenvalue weighted by Crippen LogP contribution is 2.28. The fraction of sp³-hybridized carbons (Fsp3) is 0.115. The van der Waals surface area contributed by atoms with Gasteiger partial charge in [0.15, 0.2) is 5.70 Å². The number of nitriles is 1. The number of ether oxygens (including phenoxy) is 1. The van der Waals surface area contributed by atoms with Crippen LogP contribution >= 0.6 is 11.6 Å². The second kappa shape index (κ2) is 10.1. The van der Waals surface area contributed by atoms with E-state index in [4.69, 9.17) is 21.6 Å². The van der Waals surface area contributed by atoms with Crippen LogP contribution in [0.3, 0.4) is 0 Å². The highest BCUT2D eigenvalue weighted by molar-refractivity contribution is 7.92.